The van der Waals surface area contributed by atoms with Gasteiger partial charge in [0, 0.05) is 28.3 Å². The van der Waals surface area contributed by atoms with Gasteiger partial charge in [-0.15, -0.1) is 4.91 Å². The lowest BCUT2D eigenvalue weighted by molar-refractivity contribution is -0.138. The normalized spacial score (nSPS) is 12.3. The van der Waals surface area contributed by atoms with Gasteiger partial charge in [0.15, 0.2) is 0 Å². The van der Waals surface area contributed by atoms with E-state index >= 15 is 0 Å². The van der Waals surface area contributed by atoms with Crippen molar-refractivity contribution in [3.05, 3.63) is 4.91 Å². The van der Waals surface area contributed by atoms with Crippen molar-refractivity contribution in [2.24, 2.45) is 4.58 Å². The van der Waals surface area contributed by atoms with Crippen LogP contribution in [-0.2, 0) is 14.4 Å². The smallest absolute Gasteiger partial charge is 0.322 e. The number of aliphatic carboxylic acids is 2. The van der Waals surface area contributed by atoms with Crippen molar-refractivity contribution in [3.8, 4) is 0 Å². The first-order valence-corrected chi connectivity index (χ1v) is 7.14. The second kappa shape index (κ2) is 13.6. The molecule has 0 aromatic heterocycles. The number of nitrogens with one attached hydrogen (secondary N) is 2. The summed E-state index contributed by atoms with van der Waals surface area (Å²) in [5.74, 6) is -2.32. The van der Waals surface area contributed by atoms with E-state index in [1.165, 1.54) is 0 Å². The Bertz CT molecular complexity index is 354. The second-order valence-electron chi connectivity index (χ2n) is 3.80. The second-order valence-corrected chi connectivity index (χ2v) is 5.74. The number of hydrogen-bond donors (Lipinski definition) is 5. The van der Waals surface area contributed by atoms with E-state index in [1.54, 1.807) is 13.8 Å². The Hall–Kier alpha value is -1.33. The summed E-state index contributed by atoms with van der Waals surface area (Å²) in [5, 5.41) is 20.7. The van der Waals surface area contributed by atoms with E-state index in [2.05, 4.69) is 27.8 Å². The number of rotatable bonds is 9. The fourth-order valence-electron chi connectivity index (χ4n) is 0.804. The number of nitroso groups, excluding NO2 is 1. The van der Waals surface area contributed by atoms with Crippen LogP contribution in [0.3, 0.4) is 0 Å². The molecule has 0 spiro atoms. The minimum absolute atomic E-state index is 0.0202. The summed E-state index contributed by atoms with van der Waals surface area (Å²) in [5.41, 5.74) is 0. The molecule has 0 heterocycles. The molecule has 0 aliphatic carbocycles. The maximum Gasteiger partial charge on any atom is 0.322 e. The number of carboxylic acids is 2. The van der Waals surface area contributed by atoms with Crippen molar-refractivity contribution in [3.63, 3.8) is 0 Å². The lowest BCUT2D eigenvalue weighted by atomic mass is 10.4. The maximum absolute atomic E-state index is 10.6. The number of thiol groups is 1. The molecule has 0 saturated carbocycles. The van der Waals surface area contributed by atoms with Crippen molar-refractivity contribution >= 4 is 42.4 Å². The van der Waals surface area contributed by atoms with Crippen LogP contribution < -0.4 is 10.6 Å². The van der Waals surface area contributed by atoms with Gasteiger partial charge in [0.05, 0.1) is 11.8 Å². The molecule has 0 bridgehead atoms. The highest BCUT2D eigenvalue weighted by atomic mass is 32.2. The quantitative estimate of drug-likeness (QED) is 0.223. The standard InChI is InChI=1S/C5H10N2O3S.C5H9NO3S/c1-4(11-7-10)2-6-3-5(8)9;1-3(10)5(9)6-2-4(7)8/h4,6H,2-3H2,1H3,(H,8,9);3,10H,2H2,1H3,(H,6,9)(H,7,8). The molecule has 0 aliphatic rings. The van der Waals surface area contributed by atoms with Crippen LogP contribution in [0, 0.1) is 4.91 Å². The van der Waals surface area contributed by atoms with E-state index in [4.69, 9.17) is 10.2 Å². The summed E-state index contributed by atoms with van der Waals surface area (Å²) in [6, 6.07) is 0. The molecule has 21 heavy (non-hydrogen) atoms. The van der Waals surface area contributed by atoms with Crippen LogP contribution in [0.15, 0.2) is 4.58 Å². The average molecular weight is 341 g/mol. The van der Waals surface area contributed by atoms with Gasteiger partial charge in [-0.25, -0.2) is 0 Å². The summed E-state index contributed by atoms with van der Waals surface area (Å²) >= 11 is 4.69. The van der Waals surface area contributed by atoms with Crippen LogP contribution in [0.4, 0.5) is 0 Å². The first kappa shape index (κ1) is 22.0. The van der Waals surface area contributed by atoms with Crippen LogP contribution in [-0.4, -0.2) is 58.2 Å². The highest BCUT2D eigenvalue weighted by Crippen LogP contribution is 2.08. The van der Waals surface area contributed by atoms with Crippen LogP contribution in [0.1, 0.15) is 13.8 Å². The average Bonchev–Trinajstić information content (AvgIpc) is 2.36. The molecule has 0 radical (unpaired) electrons. The largest absolute Gasteiger partial charge is 0.480 e. The van der Waals surface area contributed by atoms with Crippen molar-refractivity contribution < 1.29 is 24.6 Å². The minimum Gasteiger partial charge on any atom is -0.480 e. The van der Waals surface area contributed by atoms with Gasteiger partial charge in [0.1, 0.15) is 6.54 Å². The van der Waals surface area contributed by atoms with Gasteiger partial charge in [-0.3, -0.25) is 14.4 Å². The molecule has 0 aromatic rings. The third-order valence-electron chi connectivity index (χ3n) is 1.72. The highest BCUT2D eigenvalue weighted by molar-refractivity contribution is 7.98. The van der Waals surface area contributed by atoms with Gasteiger partial charge >= 0.3 is 11.9 Å². The van der Waals surface area contributed by atoms with E-state index in [0.717, 1.165) is 11.9 Å². The zero-order valence-corrected chi connectivity index (χ0v) is 13.3. The van der Waals surface area contributed by atoms with E-state index in [-0.39, 0.29) is 24.2 Å². The molecule has 0 aromatic carbocycles. The molecular formula is C10H19N3O6S2. The van der Waals surface area contributed by atoms with Gasteiger partial charge in [0.25, 0.3) is 0 Å². The molecule has 122 valence electrons. The lowest BCUT2D eigenvalue weighted by Crippen LogP contribution is -2.33. The Morgan fingerprint density at radius 1 is 1.19 bits per heavy atom. The van der Waals surface area contributed by atoms with Crippen LogP contribution >= 0.6 is 24.6 Å². The predicted octanol–water partition coefficient (Wildman–Crippen LogP) is -0.0308. The number of hydrogen-bond acceptors (Lipinski definition) is 8. The van der Waals surface area contributed by atoms with Crippen LogP contribution in [0.2, 0.25) is 0 Å². The summed E-state index contributed by atoms with van der Waals surface area (Å²) in [6.07, 6.45) is 0. The van der Waals surface area contributed by atoms with E-state index in [9.17, 15) is 19.3 Å². The Morgan fingerprint density at radius 3 is 2.10 bits per heavy atom. The molecule has 2 atom stereocenters. The topological polar surface area (TPSA) is 145 Å². The Labute approximate surface area is 131 Å². The minimum atomic E-state index is -1.05. The summed E-state index contributed by atoms with van der Waals surface area (Å²) < 4.78 is 2.61. The number of amides is 1. The first-order chi connectivity index (χ1) is 9.70. The van der Waals surface area contributed by atoms with Crippen LogP contribution in [0.5, 0.6) is 0 Å². The van der Waals surface area contributed by atoms with Crippen molar-refractivity contribution in [1.82, 2.24) is 10.6 Å². The predicted molar refractivity (Wildman–Crippen MR) is 82.4 cm³/mol. The Morgan fingerprint density at radius 2 is 1.71 bits per heavy atom. The Kier molecular flexibility index (Phi) is 14.3. The maximum atomic E-state index is 10.6. The number of carbonyl (C=O) groups excluding carboxylic acids is 1. The molecule has 0 aliphatic heterocycles. The van der Waals surface area contributed by atoms with Gasteiger partial charge < -0.3 is 20.8 Å². The third kappa shape index (κ3) is 18.7. The van der Waals surface area contributed by atoms with Crippen molar-refractivity contribution in [1.29, 1.82) is 0 Å². The summed E-state index contributed by atoms with van der Waals surface area (Å²) in [6.45, 7) is 3.41. The molecule has 9 nitrogen and oxygen atoms in total. The monoisotopic (exact) mass is 341 g/mol. The zero-order chi connectivity index (χ0) is 16.8. The van der Waals surface area contributed by atoms with Crippen molar-refractivity contribution in [2.75, 3.05) is 19.6 Å². The molecule has 0 fully saturated rings. The highest BCUT2D eigenvalue weighted by Gasteiger charge is 2.07. The molecule has 0 saturated heterocycles. The molecule has 2 unspecified atom stereocenters. The van der Waals surface area contributed by atoms with Gasteiger partial charge in [-0.2, -0.15) is 12.6 Å². The number of nitrogens with zero attached hydrogens (tertiary/aromatic N) is 1. The molecule has 4 N–H and O–H groups in total. The molecule has 0 rings (SSSR count). The SMILES string of the molecule is CC(CNCC(=O)O)SN=O.CC(S)C(=O)NCC(=O)O. The number of carbonyl (C=O) groups is 3. The molecule has 1 amide bonds. The van der Waals surface area contributed by atoms with Crippen molar-refractivity contribution in [2.45, 2.75) is 24.3 Å². The van der Waals surface area contributed by atoms with Gasteiger partial charge in [-0.1, -0.05) is 6.92 Å². The van der Waals surface area contributed by atoms with Crippen LogP contribution in [0.25, 0.3) is 0 Å². The summed E-state index contributed by atoms with van der Waals surface area (Å²) in [7, 11) is 0. The summed E-state index contributed by atoms with van der Waals surface area (Å²) in [4.78, 5) is 40.1. The number of carboxylic acid groups (broad SMARTS) is 2. The fraction of sp³-hybridized carbons (Fsp3) is 0.700. The zero-order valence-electron chi connectivity index (χ0n) is 11.6. The van der Waals surface area contributed by atoms with E-state index in [0.29, 0.717) is 6.54 Å². The Balaban J connectivity index is 0. The molecular weight excluding hydrogens is 322 g/mol. The van der Waals surface area contributed by atoms with Gasteiger partial charge in [-0.05, 0) is 6.92 Å². The van der Waals surface area contributed by atoms with E-state index < -0.39 is 17.2 Å². The van der Waals surface area contributed by atoms with Gasteiger partial charge in [0.2, 0.25) is 5.91 Å². The molecule has 11 heteroatoms. The first-order valence-electron chi connectivity index (χ1n) is 5.79. The third-order valence-corrected chi connectivity index (χ3v) is 2.57. The van der Waals surface area contributed by atoms with E-state index in [1.807, 2.05) is 0 Å². The fourth-order valence-corrected chi connectivity index (χ4v) is 1.23. The lowest BCUT2D eigenvalue weighted by Gasteiger charge is -2.04.